The molecule has 3 nitrogen and oxygen atoms in total. The highest BCUT2D eigenvalue weighted by Gasteiger charge is 2.22. The minimum Gasteiger partial charge on any atom is -0.455 e. The van der Waals surface area contributed by atoms with Crippen LogP contribution in [0, 0.1) is 0 Å². The Hall–Kier alpha value is -8.14. The summed E-state index contributed by atoms with van der Waals surface area (Å²) in [4.78, 5) is 2.29. The van der Waals surface area contributed by atoms with Crippen molar-refractivity contribution in [1.82, 2.24) is 4.57 Å². The van der Waals surface area contributed by atoms with Crippen molar-refractivity contribution in [1.29, 1.82) is 0 Å². The second-order valence-electron chi connectivity index (χ2n) is 15.4. The minimum atomic E-state index is 0.829. The minimum absolute atomic E-state index is 0.829. The molecule has 11 aromatic rings. The molecule has 0 aliphatic heterocycles. The van der Waals surface area contributed by atoms with E-state index in [-0.39, 0.29) is 0 Å². The van der Waals surface area contributed by atoms with Crippen LogP contribution in [0.25, 0.3) is 93.6 Å². The Labute approximate surface area is 354 Å². The van der Waals surface area contributed by atoms with Crippen LogP contribution in [0.15, 0.2) is 242 Å². The number of nitrogens with zero attached hydrogens (tertiary/aromatic N) is 2. The summed E-state index contributed by atoms with van der Waals surface area (Å²) in [5, 5.41) is 6.82. The molecule has 0 amide bonds. The van der Waals surface area contributed by atoms with Gasteiger partial charge in [-0.2, -0.15) is 0 Å². The van der Waals surface area contributed by atoms with Gasteiger partial charge in [-0.25, -0.2) is 0 Å². The van der Waals surface area contributed by atoms with E-state index in [1.807, 2.05) is 6.08 Å². The average Bonchev–Trinajstić information content (AvgIpc) is 3.89. The van der Waals surface area contributed by atoms with Gasteiger partial charge in [0, 0.05) is 55.1 Å². The molecular weight excluding hydrogens is 741 g/mol. The lowest BCUT2D eigenvalue weighted by Gasteiger charge is -2.29. The van der Waals surface area contributed by atoms with Crippen LogP contribution in [0.3, 0.4) is 0 Å². The maximum absolute atomic E-state index is 6.91. The normalized spacial score (nSPS) is 11.8. The van der Waals surface area contributed by atoms with Gasteiger partial charge in [0.25, 0.3) is 0 Å². The Bertz CT molecular complexity index is 3460. The van der Waals surface area contributed by atoms with E-state index in [9.17, 15) is 0 Å². The molecule has 11 rings (SSSR count). The molecule has 0 radical (unpaired) electrons. The van der Waals surface area contributed by atoms with Gasteiger partial charge in [-0.15, -0.1) is 0 Å². The third kappa shape index (κ3) is 6.14. The molecule has 0 saturated carbocycles. The average molecular weight is 781 g/mol. The van der Waals surface area contributed by atoms with E-state index >= 15 is 0 Å². The van der Waals surface area contributed by atoms with Gasteiger partial charge in [0.15, 0.2) is 0 Å². The molecule has 0 atom stereocenters. The SMILES string of the molecule is C=C/C(=C\C(=C)n1c2ccccc2c2ccccc21)N(c1ccc(-c2cccc(-c3ccccc3)c2)cc1)c1ccccc1-c1cccc2c1oc1c3ccccc3ccc21. The first-order valence-corrected chi connectivity index (χ1v) is 20.6. The van der Waals surface area contributed by atoms with Gasteiger partial charge in [0.1, 0.15) is 11.2 Å². The highest BCUT2D eigenvalue weighted by atomic mass is 16.3. The summed E-state index contributed by atoms with van der Waals surface area (Å²) >= 11 is 0. The van der Waals surface area contributed by atoms with Crippen LogP contribution in [-0.4, -0.2) is 4.57 Å². The highest BCUT2D eigenvalue weighted by Crippen LogP contribution is 2.45. The molecule has 0 aliphatic rings. The summed E-state index contributed by atoms with van der Waals surface area (Å²) in [6, 6.07) is 73.0. The second kappa shape index (κ2) is 14.9. The molecule has 0 N–H and O–H groups in total. The largest absolute Gasteiger partial charge is 0.455 e. The Kier molecular flexibility index (Phi) is 8.79. The molecule has 3 heteroatoms. The summed E-state index contributed by atoms with van der Waals surface area (Å²) < 4.78 is 9.16. The number of allylic oxidation sites excluding steroid dienone is 3. The molecule has 0 spiro atoms. The number of aromatic nitrogens is 1. The molecule has 2 heterocycles. The maximum Gasteiger partial charge on any atom is 0.143 e. The molecule has 9 aromatic carbocycles. The van der Waals surface area contributed by atoms with Crippen molar-refractivity contribution in [3.05, 3.63) is 237 Å². The number of anilines is 2. The van der Waals surface area contributed by atoms with Crippen LogP contribution in [0.5, 0.6) is 0 Å². The zero-order valence-electron chi connectivity index (χ0n) is 33.5. The summed E-state index contributed by atoms with van der Waals surface area (Å²) in [7, 11) is 0. The zero-order valence-corrected chi connectivity index (χ0v) is 33.5. The molecular formula is C58H40N2O. The predicted octanol–water partition coefficient (Wildman–Crippen LogP) is 16.2. The Balaban J connectivity index is 1.09. The van der Waals surface area contributed by atoms with Crippen molar-refractivity contribution in [3.63, 3.8) is 0 Å². The number of para-hydroxylation sites is 4. The third-order valence-corrected chi connectivity index (χ3v) is 11.9. The second-order valence-corrected chi connectivity index (χ2v) is 15.4. The van der Waals surface area contributed by atoms with Crippen LogP contribution in [0.4, 0.5) is 11.4 Å². The quantitative estimate of drug-likeness (QED) is 0.136. The van der Waals surface area contributed by atoms with E-state index in [4.69, 9.17) is 11.0 Å². The summed E-state index contributed by atoms with van der Waals surface area (Å²) in [6.07, 6.45) is 4.08. The molecule has 61 heavy (non-hydrogen) atoms. The number of hydrogen-bond donors (Lipinski definition) is 0. The Morgan fingerprint density at radius 3 is 1.75 bits per heavy atom. The highest BCUT2D eigenvalue weighted by molar-refractivity contribution is 6.18. The van der Waals surface area contributed by atoms with Gasteiger partial charge in [-0.1, -0.05) is 177 Å². The van der Waals surface area contributed by atoms with Gasteiger partial charge < -0.3 is 13.9 Å². The van der Waals surface area contributed by atoms with E-state index in [1.165, 1.54) is 21.9 Å². The van der Waals surface area contributed by atoms with Crippen molar-refractivity contribution in [2.45, 2.75) is 0 Å². The first kappa shape index (κ1) is 36.0. The standard InChI is InChI=1S/C58H40N2O/c1-3-45(37-39(2)59-54-28-12-9-23-48(54)49-24-10-13-29-55(49)59)60(46-34-31-41(32-35-46)44-21-15-20-43(38-44)40-17-5-4-6-18-40)56-30-14-11-25-50(56)51-26-16-27-52-53-36-33-42-19-7-8-22-47(42)57(53)61-58(51)52/h3-38H,1-2H2/b45-37+. The van der Waals surface area contributed by atoms with E-state index < -0.39 is 0 Å². The molecule has 0 fully saturated rings. The van der Waals surface area contributed by atoms with Crippen LogP contribution >= 0.6 is 0 Å². The van der Waals surface area contributed by atoms with E-state index in [0.717, 1.165) is 88.8 Å². The van der Waals surface area contributed by atoms with Gasteiger partial charge in [-0.05, 0) is 82.3 Å². The fraction of sp³-hybridized carbons (Fsp3) is 0. The van der Waals surface area contributed by atoms with E-state index in [0.29, 0.717) is 0 Å². The lowest BCUT2D eigenvalue weighted by Crippen LogP contribution is -2.16. The first-order valence-electron chi connectivity index (χ1n) is 20.6. The summed E-state index contributed by atoms with van der Waals surface area (Å²) in [5.74, 6) is 0. The fourth-order valence-corrected chi connectivity index (χ4v) is 9.06. The first-order chi connectivity index (χ1) is 30.1. The van der Waals surface area contributed by atoms with E-state index in [1.54, 1.807) is 0 Å². The number of hydrogen-bond acceptors (Lipinski definition) is 2. The topological polar surface area (TPSA) is 21.3 Å². The molecule has 0 bridgehead atoms. The third-order valence-electron chi connectivity index (χ3n) is 11.9. The van der Waals surface area contributed by atoms with Crippen LogP contribution < -0.4 is 4.90 Å². The maximum atomic E-state index is 6.91. The van der Waals surface area contributed by atoms with Gasteiger partial charge in [-0.3, -0.25) is 0 Å². The molecule has 0 unspecified atom stereocenters. The number of fused-ring (bicyclic) bond motifs is 8. The molecule has 288 valence electrons. The van der Waals surface area contributed by atoms with Gasteiger partial charge >= 0.3 is 0 Å². The number of rotatable bonds is 9. The lowest BCUT2D eigenvalue weighted by atomic mass is 9.97. The predicted molar refractivity (Wildman–Crippen MR) is 259 cm³/mol. The number of furan rings is 1. The number of benzene rings is 9. The van der Waals surface area contributed by atoms with Crippen LogP contribution in [0.2, 0.25) is 0 Å². The van der Waals surface area contributed by atoms with Crippen molar-refractivity contribution < 1.29 is 4.42 Å². The fourth-order valence-electron chi connectivity index (χ4n) is 9.06. The Morgan fingerprint density at radius 2 is 1.02 bits per heavy atom. The summed E-state index contributed by atoms with van der Waals surface area (Å²) in [6.45, 7) is 9.14. The van der Waals surface area contributed by atoms with Crippen molar-refractivity contribution in [2.75, 3.05) is 4.90 Å². The Morgan fingerprint density at radius 1 is 0.459 bits per heavy atom. The smallest absolute Gasteiger partial charge is 0.143 e. The van der Waals surface area contributed by atoms with Gasteiger partial charge in [0.05, 0.1) is 16.7 Å². The van der Waals surface area contributed by atoms with Gasteiger partial charge in [0.2, 0.25) is 0 Å². The van der Waals surface area contributed by atoms with E-state index in [2.05, 4.69) is 228 Å². The zero-order chi connectivity index (χ0) is 40.9. The summed E-state index contributed by atoms with van der Waals surface area (Å²) in [5.41, 5.74) is 14.4. The molecule has 0 saturated heterocycles. The molecule has 2 aromatic heterocycles. The van der Waals surface area contributed by atoms with Crippen LogP contribution in [-0.2, 0) is 0 Å². The van der Waals surface area contributed by atoms with Crippen molar-refractivity contribution >= 4 is 71.6 Å². The van der Waals surface area contributed by atoms with Crippen molar-refractivity contribution in [2.24, 2.45) is 0 Å². The monoisotopic (exact) mass is 780 g/mol. The van der Waals surface area contributed by atoms with Crippen LogP contribution in [0.1, 0.15) is 0 Å². The molecule has 0 aliphatic carbocycles. The van der Waals surface area contributed by atoms with Crippen molar-refractivity contribution in [3.8, 4) is 33.4 Å². The lowest BCUT2D eigenvalue weighted by molar-refractivity contribution is 0.674.